The Kier molecular flexibility index (Phi) is 6.43. The van der Waals surface area contributed by atoms with Crippen LogP contribution in [0, 0.1) is 0 Å². The summed E-state index contributed by atoms with van der Waals surface area (Å²) in [6.07, 6.45) is 1.79. The van der Waals surface area contributed by atoms with Gasteiger partial charge in [-0.1, -0.05) is 0 Å². The van der Waals surface area contributed by atoms with Gasteiger partial charge in [0, 0.05) is 31.7 Å². The van der Waals surface area contributed by atoms with Crippen molar-refractivity contribution in [3.63, 3.8) is 0 Å². The van der Waals surface area contributed by atoms with Crippen LogP contribution in [0.5, 0.6) is 0 Å². The summed E-state index contributed by atoms with van der Waals surface area (Å²) < 4.78 is 0. The first-order chi connectivity index (χ1) is 9.24. The topological polar surface area (TPSA) is 61.6 Å². The van der Waals surface area contributed by atoms with Crippen LogP contribution in [0.3, 0.4) is 0 Å². The van der Waals surface area contributed by atoms with Crippen molar-refractivity contribution in [2.45, 2.75) is 58.2 Å². The largest absolute Gasteiger partial charge is 0.368 e. The van der Waals surface area contributed by atoms with Gasteiger partial charge in [0.15, 0.2) is 0 Å². The molecule has 0 aliphatic carbocycles. The van der Waals surface area contributed by atoms with Gasteiger partial charge in [0.1, 0.15) is 0 Å². The minimum atomic E-state index is -0.591. The Morgan fingerprint density at radius 2 is 2.10 bits per heavy atom. The summed E-state index contributed by atoms with van der Waals surface area (Å²) >= 11 is 0. The van der Waals surface area contributed by atoms with Gasteiger partial charge in [-0.2, -0.15) is 0 Å². The number of piperazine rings is 1. The molecule has 20 heavy (non-hydrogen) atoms. The highest BCUT2D eigenvalue weighted by Gasteiger charge is 2.31. The molecule has 118 valence electrons. The highest BCUT2D eigenvalue weighted by molar-refractivity contribution is 5.84. The summed E-state index contributed by atoms with van der Waals surface area (Å²) in [6, 6.07) is 0.872. The van der Waals surface area contributed by atoms with E-state index in [4.69, 9.17) is 5.73 Å². The molecule has 1 saturated heterocycles. The number of likely N-dealkylation sites (N-methyl/N-ethyl adjacent to an activating group) is 1. The molecule has 2 atom stereocenters. The molecule has 0 spiro atoms. The number of carbonyl (C=O) groups is 1. The highest BCUT2D eigenvalue weighted by atomic mass is 16.1. The van der Waals surface area contributed by atoms with Crippen molar-refractivity contribution in [1.82, 2.24) is 15.1 Å². The Morgan fingerprint density at radius 1 is 1.45 bits per heavy atom. The second kappa shape index (κ2) is 7.38. The first-order valence-electron chi connectivity index (χ1n) is 7.75. The van der Waals surface area contributed by atoms with Gasteiger partial charge in [0.25, 0.3) is 0 Å². The Balaban J connectivity index is 2.39. The molecule has 1 heterocycles. The average Bonchev–Trinajstić information content (AvgIpc) is 2.32. The SMILES string of the molecule is CC(C)NC(C)(CCCN1CCN(C)C(C)C1)C(N)=O. The van der Waals surface area contributed by atoms with E-state index in [2.05, 4.69) is 29.1 Å². The Morgan fingerprint density at radius 3 is 2.60 bits per heavy atom. The zero-order valence-corrected chi connectivity index (χ0v) is 13.8. The van der Waals surface area contributed by atoms with E-state index in [1.165, 1.54) is 0 Å². The second-order valence-corrected chi connectivity index (χ2v) is 6.73. The molecule has 1 amide bonds. The number of hydrogen-bond acceptors (Lipinski definition) is 4. The zero-order chi connectivity index (χ0) is 15.3. The predicted octanol–water partition coefficient (Wildman–Crippen LogP) is 0.645. The van der Waals surface area contributed by atoms with Crippen molar-refractivity contribution in [2.75, 3.05) is 33.2 Å². The molecule has 0 aromatic rings. The monoisotopic (exact) mass is 284 g/mol. The van der Waals surface area contributed by atoms with E-state index in [0.717, 1.165) is 39.0 Å². The molecule has 2 unspecified atom stereocenters. The summed E-state index contributed by atoms with van der Waals surface area (Å²) in [6.45, 7) is 12.7. The van der Waals surface area contributed by atoms with Gasteiger partial charge in [-0.15, -0.1) is 0 Å². The third-order valence-electron chi connectivity index (χ3n) is 4.35. The second-order valence-electron chi connectivity index (χ2n) is 6.73. The molecule has 0 aromatic carbocycles. The van der Waals surface area contributed by atoms with Crippen molar-refractivity contribution < 1.29 is 4.79 Å². The molecule has 0 bridgehead atoms. The van der Waals surface area contributed by atoms with Gasteiger partial charge in [0.05, 0.1) is 5.54 Å². The summed E-state index contributed by atoms with van der Waals surface area (Å²) in [5, 5.41) is 3.31. The maximum Gasteiger partial charge on any atom is 0.237 e. The first-order valence-corrected chi connectivity index (χ1v) is 7.75. The number of nitrogens with one attached hydrogen (secondary N) is 1. The Bertz CT molecular complexity index is 321. The molecule has 1 aliphatic heterocycles. The van der Waals surface area contributed by atoms with Crippen LogP contribution in [0.15, 0.2) is 0 Å². The van der Waals surface area contributed by atoms with Crippen LogP contribution in [-0.4, -0.2) is 66.6 Å². The molecule has 3 N–H and O–H groups in total. The summed E-state index contributed by atoms with van der Waals surface area (Å²) in [5.41, 5.74) is 4.97. The fraction of sp³-hybridized carbons (Fsp3) is 0.933. The molecule has 1 fully saturated rings. The molecule has 1 rings (SSSR count). The Labute approximate surface area is 123 Å². The number of primary amides is 1. The molecule has 0 aromatic heterocycles. The van der Waals surface area contributed by atoms with Gasteiger partial charge in [-0.3, -0.25) is 4.79 Å². The molecule has 1 aliphatic rings. The van der Waals surface area contributed by atoms with E-state index in [0.29, 0.717) is 6.04 Å². The minimum absolute atomic E-state index is 0.252. The van der Waals surface area contributed by atoms with Gasteiger partial charge < -0.3 is 20.9 Å². The van der Waals surface area contributed by atoms with E-state index >= 15 is 0 Å². The van der Waals surface area contributed by atoms with E-state index in [9.17, 15) is 4.79 Å². The molecule has 0 saturated carbocycles. The van der Waals surface area contributed by atoms with E-state index in [1.807, 2.05) is 20.8 Å². The fourth-order valence-corrected chi connectivity index (χ4v) is 2.89. The summed E-state index contributed by atoms with van der Waals surface area (Å²) in [5.74, 6) is -0.252. The van der Waals surface area contributed by atoms with Crippen molar-refractivity contribution >= 4 is 5.91 Å². The number of carbonyl (C=O) groups excluding carboxylic acids is 1. The van der Waals surface area contributed by atoms with E-state index in [1.54, 1.807) is 0 Å². The smallest absolute Gasteiger partial charge is 0.237 e. The average molecular weight is 284 g/mol. The van der Waals surface area contributed by atoms with Gasteiger partial charge in [0.2, 0.25) is 5.91 Å². The number of nitrogens with zero attached hydrogens (tertiary/aromatic N) is 2. The molecular formula is C15H32N4O. The van der Waals surface area contributed by atoms with E-state index in [-0.39, 0.29) is 11.9 Å². The van der Waals surface area contributed by atoms with Crippen LogP contribution in [0.4, 0.5) is 0 Å². The fourth-order valence-electron chi connectivity index (χ4n) is 2.89. The summed E-state index contributed by atoms with van der Waals surface area (Å²) in [4.78, 5) is 16.6. The van der Waals surface area contributed by atoms with Gasteiger partial charge in [-0.25, -0.2) is 0 Å². The van der Waals surface area contributed by atoms with Crippen LogP contribution >= 0.6 is 0 Å². The zero-order valence-electron chi connectivity index (χ0n) is 13.8. The first kappa shape index (κ1) is 17.4. The van der Waals surface area contributed by atoms with Crippen molar-refractivity contribution in [3.8, 4) is 0 Å². The van der Waals surface area contributed by atoms with Crippen LogP contribution in [-0.2, 0) is 4.79 Å². The molecule has 5 nitrogen and oxygen atoms in total. The van der Waals surface area contributed by atoms with Crippen molar-refractivity contribution in [2.24, 2.45) is 5.73 Å². The molecular weight excluding hydrogens is 252 g/mol. The Hall–Kier alpha value is -0.650. The maximum absolute atomic E-state index is 11.7. The lowest BCUT2D eigenvalue weighted by Gasteiger charge is -2.38. The third-order valence-corrected chi connectivity index (χ3v) is 4.35. The maximum atomic E-state index is 11.7. The third kappa shape index (κ3) is 5.04. The predicted molar refractivity (Wildman–Crippen MR) is 83.6 cm³/mol. The summed E-state index contributed by atoms with van der Waals surface area (Å²) in [7, 11) is 2.18. The number of rotatable bonds is 7. The lowest BCUT2D eigenvalue weighted by molar-refractivity contribution is -0.124. The van der Waals surface area contributed by atoms with Crippen LogP contribution in [0.1, 0.15) is 40.5 Å². The van der Waals surface area contributed by atoms with Crippen molar-refractivity contribution in [3.05, 3.63) is 0 Å². The van der Waals surface area contributed by atoms with Crippen LogP contribution in [0.25, 0.3) is 0 Å². The molecule has 5 heteroatoms. The highest BCUT2D eigenvalue weighted by Crippen LogP contribution is 2.15. The van der Waals surface area contributed by atoms with Gasteiger partial charge >= 0.3 is 0 Å². The number of nitrogens with two attached hydrogens (primary N) is 1. The normalized spacial score (nSPS) is 24.8. The standard InChI is InChI=1S/C15H32N4O/c1-12(2)17-15(4,14(16)20)7-6-8-19-10-9-18(5)13(3)11-19/h12-13,17H,6-11H2,1-5H3,(H2,16,20). The van der Waals surface area contributed by atoms with Crippen LogP contribution < -0.4 is 11.1 Å². The quantitative estimate of drug-likeness (QED) is 0.720. The molecule has 0 radical (unpaired) electrons. The lowest BCUT2D eigenvalue weighted by atomic mass is 9.93. The van der Waals surface area contributed by atoms with E-state index < -0.39 is 5.54 Å². The number of hydrogen-bond donors (Lipinski definition) is 2. The van der Waals surface area contributed by atoms with Crippen molar-refractivity contribution in [1.29, 1.82) is 0 Å². The lowest BCUT2D eigenvalue weighted by Crippen LogP contribution is -2.56. The number of amides is 1. The van der Waals surface area contributed by atoms with Gasteiger partial charge in [-0.05, 0) is 54.1 Å². The minimum Gasteiger partial charge on any atom is -0.368 e. The van der Waals surface area contributed by atoms with Crippen LogP contribution in [0.2, 0.25) is 0 Å².